The number of unbranched alkanes of at least 4 members (excludes halogenated alkanes) is 1. The molecule has 0 heterocycles. The Morgan fingerprint density at radius 3 is 2.19 bits per heavy atom. The van der Waals surface area contributed by atoms with E-state index < -0.39 is 0 Å². The highest BCUT2D eigenvalue weighted by molar-refractivity contribution is 5.26. The zero-order chi connectivity index (χ0) is 19.4. The standard InChI is InChI=1S/C25H38N2/c1-3-4-19-25(21-27-2,23-15-9-6-10-16-23)20-18-24(26)17-11-14-22-12-7-5-8-13-22/h5-10,12-13,15-16,24,27H,3-4,11,14,17-21,26H2,1-2H3. The molecule has 0 radical (unpaired) electrons. The quantitative estimate of drug-likeness (QED) is 0.494. The van der Waals surface area contributed by atoms with Crippen LogP contribution in [-0.4, -0.2) is 19.6 Å². The number of hydrogen-bond acceptors (Lipinski definition) is 2. The molecule has 0 aliphatic rings. The minimum absolute atomic E-state index is 0.197. The number of aryl methyl sites for hydroxylation is 1. The highest BCUT2D eigenvalue weighted by Crippen LogP contribution is 2.35. The van der Waals surface area contributed by atoms with Crippen LogP contribution in [0.2, 0.25) is 0 Å². The van der Waals surface area contributed by atoms with Crippen LogP contribution < -0.4 is 11.1 Å². The van der Waals surface area contributed by atoms with Gasteiger partial charge in [0.25, 0.3) is 0 Å². The van der Waals surface area contributed by atoms with Gasteiger partial charge in [-0.05, 0) is 56.7 Å². The van der Waals surface area contributed by atoms with Crippen LogP contribution >= 0.6 is 0 Å². The lowest BCUT2D eigenvalue weighted by Gasteiger charge is -2.36. The van der Waals surface area contributed by atoms with E-state index in [1.807, 2.05) is 0 Å². The van der Waals surface area contributed by atoms with E-state index in [1.54, 1.807) is 0 Å². The third-order valence-corrected chi connectivity index (χ3v) is 5.79. The SMILES string of the molecule is CCCCC(CCC(N)CCCc1ccccc1)(CNC)c1ccccc1. The normalized spacial score (nSPS) is 14.6. The van der Waals surface area contributed by atoms with E-state index in [2.05, 4.69) is 80.0 Å². The molecule has 2 rings (SSSR count). The molecule has 0 saturated carbocycles. The second-order valence-corrected chi connectivity index (χ2v) is 7.96. The molecule has 0 fully saturated rings. The summed E-state index contributed by atoms with van der Waals surface area (Å²) in [5.74, 6) is 0. The summed E-state index contributed by atoms with van der Waals surface area (Å²) >= 11 is 0. The number of benzene rings is 2. The lowest BCUT2D eigenvalue weighted by atomic mass is 9.72. The Morgan fingerprint density at radius 2 is 1.56 bits per heavy atom. The van der Waals surface area contributed by atoms with Gasteiger partial charge in [0, 0.05) is 18.0 Å². The van der Waals surface area contributed by atoms with Crippen molar-refractivity contribution in [2.75, 3.05) is 13.6 Å². The predicted octanol–water partition coefficient (Wildman–Crippen LogP) is 5.46. The van der Waals surface area contributed by atoms with Gasteiger partial charge in [0.1, 0.15) is 0 Å². The Labute approximate surface area is 166 Å². The van der Waals surface area contributed by atoms with E-state index >= 15 is 0 Å². The number of hydrogen-bond donors (Lipinski definition) is 2. The van der Waals surface area contributed by atoms with Crippen molar-refractivity contribution in [1.29, 1.82) is 0 Å². The number of rotatable bonds is 13. The highest BCUT2D eigenvalue weighted by atomic mass is 14.8. The Bertz CT molecular complexity index is 611. The van der Waals surface area contributed by atoms with Crippen molar-refractivity contribution < 1.29 is 0 Å². The van der Waals surface area contributed by atoms with E-state index in [9.17, 15) is 0 Å². The molecular weight excluding hydrogens is 328 g/mol. The first kappa shape index (κ1) is 21.7. The monoisotopic (exact) mass is 366 g/mol. The van der Waals surface area contributed by atoms with Gasteiger partial charge in [0.05, 0.1) is 0 Å². The third kappa shape index (κ3) is 7.12. The zero-order valence-corrected chi connectivity index (χ0v) is 17.3. The van der Waals surface area contributed by atoms with E-state index in [0.717, 1.165) is 32.2 Å². The predicted molar refractivity (Wildman–Crippen MR) is 118 cm³/mol. The molecule has 2 nitrogen and oxygen atoms in total. The van der Waals surface area contributed by atoms with Crippen LogP contribution in [0, 0.1) is 0 Å². The summed E-state index contributed by atoms with van der Waals surface area (Å²) in [6.07, 6.45) is 9.38. The molecule has 3 N–H and O–H groups in total. The first-order valence-corrected chi connectivity index (χ1v) is 10.7. The Balaban J connectivity index is 1.93. The summed E-state index contributed by atoms with van der Waals surface area (Å²) in [7, 11) is 2.07. The molecule has 0 amide bonds. The smallest absolute Gasteiger partial charge is 0.00782 e. The lowest BCUT2D eigenvalue weighted by Crippen LogP contribution is -2.38. The molecule has 0 aliphatic carbocycles. The van der Waals surface area contributed by atoms with Crippen molar-refractivity contribution in [2.24, 2.45) is 5.73 Å². The fraction of sp³-hybridized carbons (Fsp3) is 0.520. The minimum atomic E-state index is 0.197. The number of likely N-dealkylation sites (N-methyl/N-ethyl adjacent to an activating group) is 1. The summed E-state index contributed by atoms with van der Waals surface area (Å²) in [5.41, 5.74) is 9.61. The molecule has 0 aromatic heterocycles. The fourth-order valence-corrected chi connectivity index (χ4v) is 4.16. The van der Waals surface area contributed by atoms with E-state index in [1.165, 1.54) is 36.8 Å². The van der Waals surface area contributed by atoms with Gasteiger partial charge in [-0.3, -0.25) is 0 Å². The molecule has 2 heteroatoms. The number of nitrogens with two attached hydrogens (primary N) is 1. The van der Waals surface area contributed by atoms with Crippen LogP contribution in [-0.2, 0) is 11.8 Å². The summed E-state index contributed by atoms with van der Waals surface area (Å²) in [6.45, 7) is 3.30. The summed E-state index contributed by atoms with van der Waals surface area (Å²) in [4.78, 5) is 0. The maximum absolute atomic E-state index is 6.53. The maximum Gasteiger partial charge on any atom is 0.00782 e. The van der Waals surface area contributed by atoms with E-state index in [4.69, 9.17) is 5.73 Å². The van der Waals surface area contributed by atoms with Crippen LogP contribution in [0.25, 0.3) is 0 Å². The second kappa shape index (κ2) is 11.9. The molecule has 27 heavy (non-hydrogen) atoms. The first-order chi connectivity index (χ1) is 13.2. The molecular formula is C25H38N2. The van der Waals surface area contributed by atoms with Crippen molar-refractivity contribution in [3.63, 3.8) is 0 Å². The van der Waals surface area contributed by atoms with Crippen LogP contribution in [0.5, 0.6) is 0 Å². The van der Waals surface area contributed by atoms with Crippen LogP contribution in [0.4, 0.5) is 0 Å². The van der Waals surface area contributed by atoms with Crippen LogP contribution in [0.15, 0.2) is 60.7 Å². The van der Waals surface area contributed by atoms with Crippen LogP contribution in [0.1, 0.15) is 63.0 Å². The topological polar surface area (TPSA) is 38.0 Å². The van der Waals surface area contributed by atoms with Crippen molar-refractivity contribution in [2.45, 2.75) is 69.7 Å². The number of nitrogens with one attached hydrogen (secondary N) is 1. The highest BCUT2D eigenvalue weighted by Gasteiger charge is 2.31. The van der Waals surface area contributed by atoms with Gasteiger partial charge in [-0.2, -0.15) is 0 Å². The summed E-state index contributed by atoms with van der Waals surface area (Å²) < 4.78 is 0. The van der Waals surface area contributed by atoms with Crippen molar-refractivity contribution in [1.82, 2.24) is 5.32 Å². The average Bonchev–Trinajstić information content (AvgIpc) is 2.71. The summed E-state index contributed by atoms with van der Waals surface area (Å²) in [5, 5.41) is 3.46. The van der Waals surface area contributed by atoms with Gasteiger partial charge in [-0.25, -0.2) is 0 Å². The van der Waals surface area contributed by atoms with Gasteiger partial charge in [-0.15, -0.1) is 0 Å². The Hall–Kier alpha value is -1.64. The van der Waals surface area contributed by atoms with Crippen molar-refractivity contribution in [3.05, 3.63) is 71.8 Å². The maximum atomic E-state index is 6.53. The van der Waals surface area contributed by atoms with Gasteiger partial charge in [0.15, 0.2) is 0 Å². The lowest BCUT2D eigenvalue weighted by molar-refractivity contribution is 0.317. The van der Waals surface area contributed by atoms with Crippen molar-refractivity contribution in [3.8, 4) is 0 Å². The Morgan fingerprint density at radius 1 is 0.889 bits per heavy atom. The molecule has 148 valence electrons. The molecule has 0 spiro atoms. The molecule has 0 aliphatic heterocycles. The zero-order valence-electron chi connectivity index (χ0n) is 17.3. The van der Waals surface area contributed by atoms with Crippen molar-refractivity contribution >= 4 is 0 Å². The molecule has 0 bridgehead atoms. The fourth-order valence-electron chi connectivity index (χ4n) is 4.16. The minimum Gasteiger partial charge on any atom is -0.328 e. The first-order valence-electron chi connectivity index (χ1n) is 10.7. The molecule has 2 unspecified atom stereocenters. The second-order valence-electron chi connectivity index (χ2n) is 7.96. The van der Waals surface area contributed by atoms with E-state index in [-0.39, 0.29) is 11.5 Å². The van der Waals surface area contributed by atoms with Gasteiger partial charge >= 0.3 is 0 Å². The largest absolute Gasteiger partial charge is 0.328 e. The molecule has 0 saturated heterocycles. The van der Waals surface area contributed by atoms with E-state index in [0.29, 0.717) is 0 Å². The molecule has 2 atom stereocenters. The molecule has 2 aromatic carbocycles. The summed E-state index contributed by atoms with van der Waals surface area (Å²) in [6, 6.07) is 22.1. The van der Waals surface area contributed by atoms with Gasteiger partial charge < -0.3 is 11.1 Å². The molecule has 2 aromatic rings. The van der Waals surface area contributed by atoms with Crippen LogP contribution in [0.3, 0.4) is 0 Å². The van der Waals surface area contributed by atoms with Gasteiger partial charge in [-0.1, -0.05) is 80.4 Å². The average molecular weight is 367 g/mol. The van der Waals surface area contributed by atoms with Gasteiger partial charge in [0.2, 0.25) is 0 Å². The Kier molecular flexibility index (Phi) is 9.58. The third-order valence-electron chi connectivity index (χ3n) is 5.79.